The van der Waals surface area contributed by atoms with E-state index in [1.165, 1.54) is 29.7 Å². The van der Waals surface area contributed by atoms with E-state index in [4.69, 9.17) is 9.47 Å². The van der Waals surface area contributed by atoms with Gasteiger partial charge in [0.1, 0.15) is 17.2 Å². The lowest BCUT2D eigenvalue weighted by atomic mass is 9.89. The molecule has 0 saturated carbocycles. The molecule has 1 heterocycles. The fourth-order valence-corrected chi connectivity index (χ4v) is 4.76. The van der Waals surface area contributed by atoms with Gasteiger partial charge in [0.05, 0.1) is 13.7 Å². The van der Waals surface area contributed by atoms with Crippen LogP contribution in [-0.2, 0) is 26.3 Å². The Labute approximate surface area is 209 Å². The first-order valence-electron chi connectivity index (χ1n) is 12.4. The van der Waals surface area contributed by atoms with Gasteiger partial charge in [-0.1, -0.05) is 31.9 Å². The van der Waals surface area contributed by atoms with Gasteiger partial charge in [-0.2, -0.15) is 0 Å². The molecule has 1 saturated heterocycles. The van der Waals surface area contributed by atoms with Crippen LogP contribution in [0.15, 0.2) is 30.3 Å². The summed E-state index contributed by atoms with van der Waals surface area (Å²) in [6.45, 7) is 7.45. The zero-order valence-corrected chi connectivity index (χ0v) is 22.2. The second-order valence-corrected chi connectivity index (χ2v) is 10.8. The molecule has 1 amide bonds. The molecule has 0 aliphatic carbocycles. The van der Waals surface area contributed by atoms with Crippen molar-refractivity contribution in [3.8, 4) is 0 Å². The van der Waals surface area contributed by atoms with Crippen molar-refractivity contribution in [3.63, 3.8) is 0 Å². The standard InChI is InChI=1S/C28H40N2O5/c1-8-9-10-11-20-14-21-15-22(13-12-19(21)16-23(20)29(5)6)28(33)17-24(25(31)34-7)30(18-28)26(32)35-27(2,3)4/h12-16,24,33H,8-11,17-18H2,1-7H3/t24-,28-/m0/s1. The molecular formula is C28H40N2O5. The monoisotopic (exact) mass is 484 g/mol. The van der Waals surface area contributed by atoms with Gasteiger partial charge in [-0.15, -0.1) is 0 Å². The van der Waals surface area contributed by atoms with E-state index in [-0.39, 0.29) is 13.0 Å². The minimum atomic E-state index is -1.40. The Hall–Kier alpha value is -2.80. The molecule has 35 heavy (non-hydrogen) atoms. The van der Waals surface area contributed by atoms with Gasteiger partial charge in [0.2, 0.25) is 0 Å². The van der Waals surface area contributed by atoms with E-state index in [1.54, 1.807) is 20.8 Å². The Bertz CT molecular complexity index is 1070. The summed E-state index contributed by atoms with van der Waals surface area (Å²) in [5.74, 6) is -0.568. The smallest absolute Gasteiger partial charge is 0.411 e. The van der Waals surface area contributed by atoms with Gasteiger partial charge in [0.25, 0.3) is 0 Å². The average molecular weight is 485 g/mol. The molecule has 3 rings (SSSR count). The van der Waals surface area contributed by atoms with Gasteiger partial charge in [0.15, 0.2) is 0 Å². The van der Waals surface area contributed by atoms with E-state index in [2.05, 4.69) is 38.1 Å². The summed E-state index contributed by atoms with van der Waals surface area (Å²) >= 11 is 0. The lowest BCUT2D eigenvalue weighted by Crippen LogP contribution is -2.44. The summed E-state index contributed by atoms with van der Waals surface area (Å²) in [5, 5.41) is 13.8. The molecule has 0 radical (unpaired) electrons. The molecule has 2 aromatic carbocycles. The molecule has 7 heteroatoms. The number of ether oxygens (including phenoxy) is 2. The van der Waals surface area contributed by atoms with E-state index in [0.29, 0.717) is 5.56 Å². The molecule has 1 fully saturated rings. The van der Waals surface area contributed by atoms with Crippen LogP contribution in [0.4, 0.5) is 10.5 Å². The highest BCUT2D eigenvalue weighted by molar-refractivity contribution is 5.88. The molecule has 0 unspecified atom stereocenters. The normalized spacial score (nSPS) is 20.2. The predicted octanol–water partition coefficient (Wildman–Crippen LogP) is 5.01. The summed E-state index contributed by atoms with van der Waals surface area (Å²) < 4.78 is 10.4. The summed E-state index contributed by atoms with van der Waals surface area (Å²) in [5.41, 5.74) is 1.02. The molecule has 1 N–H and O–H groups in total. The Morgan fingerprint density at radius 1 is 1.14 bits per heavy atom. The van der Waals surface area contributed by atoms with Gasteiger partial charge in [-0.05, 0) is 73.7 Å². The first-order valence-corrected chi connectivity index (χ1v) is 12.4. The van der Waals surface area contributed by atoms with Gasteiger partial charge >= 0.3 is 12.1 Å². The van der Waals surface area contributed by atoms with Crippen LogP contribution in [0, 0.1) is 0 Å². The van der Waals surface area contributed by atoms with Crippen LogP contribution in [0.5, 0.6) is 0 Å². The molecule has 7 nitrogen and oxygen atoms in total. The summed E-state index contributed by atoms with van der Waals surface area (Å²) in [6, 6.07) is 9.32. The fraction of sp³-hybridized carbons (Fsp3) is 0.571. The highest BCUT2D eigenvalue weighted by Gasteiger charge is 2.50. The maximum Gasteiger partial charge on any atom is 0.411 e. The number of amides is 1. The molecule has 192 valence electrons. The summed E-state index contributed by atoms with van der Waals surface area (Å²) in [4.78, 5) is 28.8. The van der Waals surface area contributed by atoms with E-state index in [9.17, 15) is 14.7 Å². The number of aryl methyl sites for hydroxylation is 1. The number of hydrogen-bond donors (Lipinski definition) is 1. The largest absolute Gasteiger partial charge is 0.467 e. The number of β-amino-alcohol motifs (C(OH)–C–C–N with tert-alkyl or cyclic N) is 1. The number of methoxy groups -OCH3 is 1. The van der Waals surface area contributed by atoms with E-state index < -0.39 is 29.3 Å². The van der Waals surface area contributed by atoms with Crippen LogP contribution in [0.3, 0.4) is 0 Å². The van der Waals surface area contributed by atoms with Gasteiger partial charge in [0, 0.05) is 26.2 Å². The first-order chi connectivity index (χ1) is 16.4. The van der Waals surface area contributed by atoms with Crippen LogP contribution >= 0.6 is 0 Å². The third kappa shape index (κ3) is 6.07. The van der Waals surface area contributed by atoms with Crippen molar-refractivity contribution in [2.24, 2.45) is 0 Å². The number of unbranched alkanes of at least 4 members (excludes halogenated alkanes) is 2. The Balaban J connectivity index is 1.98. The number of anilines is 1. The van der Waals surface area contributed by atoms with E-state index in [0.717, 1.165) is 30.0 Å². The average Bonchev–Trinajstić information content (AvgIpc) is 3.16. The second kappa shape index (κ2) is 10.4. The van der Waals surface area contributed by atoms with Crippen molar-refractivity contribution < 1.29 is 24.2 Å². The van der Waals surface area contributed by atoms with Crippen molar-refractivity contribution in [1.82, 2.24) is 4.90 Å². The van der Waals surface area contributed by atoms with Gasteiger partial charge in [-0.25, -0.2) is 9.59 Å². The van der Waals surface area contributed by atoms with Crippen LogP contribution in [-0.4, -0.2) is 61.5 Å². The quantitative estimate of drug-likeness (QED) is 0.440. The van der Waals surface area contributed by atoms with Crippen molar-refractivity contribution in [2.75, 3.05) is 32.6 Å². The highest BCUT2D eigenvalue weighted by Crippen LogP contribution is 2.39. The molecular weight excluding hydrogens is 444 g/mol. The third-order valence-corrected chi connectivity index (χ3v) is 6.55. The number of carbonyl (C=O) groups is 2. The number of carbonyl (C=O) groups excluding carboxylic acids is 2. The molecule has 2 aromatic rings. The SMILES string of the molecule is CCCCCc1cc2cc([C@]3(O)C[C@@H](C(=O)OC)N(C(=O)OC(C)(C)C)C3)ccc2cc1N(C)C. The lowest BCUT2D eigenvalue weighted by Gasteiger charge is -2.28. The molecule has 1 aliphatic rings. The summed E-state index contributed by atoms with van der Waals surface area (Å²) in [6.07, 6.45) is 3.86. The summed E-state index contributed by atoms with van der Waals surface area (Å²) in [7, 11) is 5.39. The Morgan fingerprint density at radius 2 is 1.86 bits per heavy atom. The number of fused-ring (bicyclic) bond motifs is 1. The van der Waals surface area contributed by atoms with Crippen LogP contribution in [0.25, 0.3) is 10.8 Å². The molecule has 0 spiro atoms. The Morgan fingerprint density at radius 3 is 2.46 bits per heavy atom. The molecule has 1 aliphatic heterocycles. The zero-order valence-electron chi connectivity index (χ0n) is 22.2. The van der Waals surface area contributed by atoms with Crippen molar-refractivity contribution >= 4 is 28.5 Å². The number of nitrogens with zero attached hydrogens (tertiary/aromatic N) is 2. The second-order valence-electron chi connectivity index (χ2n) is 10.8. The van der Waals surface area contributed by atoms with Crippen LogP contribution in [0.1, 0.15) is 64.5 Å². The molecule has 2 atom stereocenters. The fourth-order valence-electron chi connectivity index (χ4n) is 4.76. The maximum absolute atomic E-state index is 12.9. The predicted molar refractivity (Wildman–Crippen MR) is 139 cm³/mol. The van der Waals surface area contributed by atoms with Crippen molar-refractivity contribution in [1.29, 1.82) is 0 Å². The molecule has 0 aromatic heterocycles. The maximum atomic E-state index is 12.9. The van der Waals surface area contributed by atoms with E-state index in [1.807, 2.05) is 18.2 Å². The van der Waals surface area contributed by atoms with Crippen molar-refractivity contribution in [3.05, 3.63) is 41.5 Å². The lowest BCUT2D eigenvalue weighted by molar-refractivity contribution is -0.145. The minimum Gasteiger partial charge on any atom is -0.467 e. The van der Waals surface area contributed by atoms with Crippen LogP contribution < -0.4 is 4.90 Å². The van der Waals surface area contributed by atoms with E-state index >= 15 is 0 Å². The van der Waals surface area contributed by atoms with Crippen LogP contribution in [0.2, 0.25) is 0 Å². The number of hydrogen-bond acceptors (Lipinski definition) is 6. The number of rotatable bonds is 7. The van der Waals surface area contributed by atoms with Gasteiger partial charge < -0.3 is 19.5 Å². The topological polar surface area (TPSA) is 79.3 Å². The Kier molecular flexibility index (Phi) is 8.00. The number of aliphatic hydroxyl groups is 1. The number of esters is 1. The third-order valence-electron chi connectivity index (χ3n) is 6.55. The minimum absolute atomic E-state index is 0.0452. The van der Waals surface area contributed by atoms with Gasteiger partial charge in [-0.3, -0.25) is 4.90 Å². The zero-order chi connectivity index (χ0) is 26.0. The number of benzene rings is 2. The highest BCUT2D eigenvalue weighted by atomic mass is 16.6. The number of likely N-dealkylation sites (tertiary alicyclic amines) is 1. The first kappa shape index (κ1) is 26.8. The molecule has 0 bridgehead atoms. The van der Waals surface area contributed by atoms with Crippen molar-refractivity contribution in [2.45, 2.75) is 77.0 Å².